The second-order valence-corrected chi connectivity index (χ2v) is 5.61. The average Bonchev–Trinajstić information content (AvgIpc) is 2.01. The molecule has 6 heteroatoms. The fourth-order valence-corrected chi connectivity index (χ4v) is 2.92. The molecule has 0 aliphatic heterocycles. The van der Waals surface area contributed by atoms with E-state index in [1.165, 1.54) is 0 Å². The van der Waals surface area contributed by atoms with E-state index in [0.29, 0.717) is 6.42 Å². The van der Waals surface area contributed by atoms with Crippen LogP contribution in [0.25, 0.3) is 0 Å². The highest BCUT2D eigenvalue weighted by atomic mass is 31.2. The highest BCUT2D eigenvalue weighted by Gasteiger charge is 2.34. The van der Waals surface area contributed by atoms with Crippen LogP contribution >= 0.6 is 7.60 Å². The number of hydrogen-bond acceptors (Lipinski definition) is 5. The van der Waals surface area contributed by atoms with E-state index in [4.69, 9.17) is 14.3 Å². The van der Waals surface area contributed by atoms with E-state index in [9.17, 15) is 4.57 Å². The van der Waals surface area contributed by atoms with E-state index in [2.05, 4.69) is 5.16 Å². The molecule has 0 heterocycles. The van der Waals surface area contributed by atoms with Crippen molar-refractivity contribution in [2.24, 2.45) is 5.16 Å². The molecule has 1 N–H and O–H groups in total. The van der Waals surface area contributed by atoms with Gasteiger partial charge in [-0.2, -0.15) is 0 Å². The second kappa shape index (κ2) is 6.26. The molecular weight excluding hydrogens is 217 g/mol. The first kappa shape index (κ1) is 14.6. The van der Waals surface area contributed by atoms with E-state index < -0.39 is 7.60 Å². The van der Waals surface area contributed by atoms with Gasteiger partial charge in [0.15, 0.2) is 5.45 Å². The fourth-order valence-electron chi connectivity index (χ4n) is 1.02. The van der Waals surface area contributed by atoms with Crippen molar-refractivity contribution in [2.45, 2.75) is 53.2 Å². The van der Waals surface area contributed by atoms with Gasteiger partial charge in [-0.3, -0.25) is 4.57 Å². The van der Waals surface area contributed by atoms with Crippen molar-refractivity contribution >= 4 is 13.0 Å². The van der Waals surface area contributed by atoms with E-state index in [-0.39, 0.29) is 17.7 Å². The SMILES string of the molecule is CCC(=NO)P(=O)(OC(C)C)OC(C)C. The predicted molar refractivity (Wildman–Crippen MR) is 59.6 cm³/mol. The summed E-state index contributed by atoms with van der Waals surface area (Å²) in [7, 11) is -3.44. The van der Waals surface area contributed by atoms with Gasteiger partial charge in [0.2, 0.25) is 0 Å². The average molecular weight is 237 g/mol. The maximum Gasteiger partial charge on any atom is 0.379 e. The van der Waals surface area contributed by atoms with Crippen molar-refractivity contribution < 1.29 is 18.8 Å². The minimum Gasteiger partial charge on any atom is -0.410 e. The Bertz CT molecular complexity index is 249. The first-order valence-electron chi connectivity index (χ1n) is 5.04. The smallest absolute Gasteiger partial charge is 0.379 e. The van der Waals surface area contributed by atoms with Crippen LogP contribution in [-0.2, 0) is 13.6 Å². The summed E-state index contributed by atoms with van der Waals surface area (Å²) in [6.45, 7) is 8.74. The Morgan fingerprint density at radius 3 is 1.87 bits per heavy atom. The van der Waals surface area contributed by atoms with Crippen molar-refractivity contribution in [1.82, 2.24) is 0 Å². The maximum atomic E-state index is 12.3. The normalized spacial score (nSPS) is 13.9. The van der Waals surface area contributed by atoms with Crippen LogP contribution in [0.1, 0.15) is 41.0 Å². The molecule has 0 aromatic carbocycles. The number of oxime groups is 1. The van der Waals surface area contributed by atoms with Gasteiger partial charge < -0.3 is 14.3 Å². The van der Waals surface area contributed by atoms with Crippen molar-refractivity contribution in [1.29, 1.82) is 0 Å². The van der Waals surface area contributed by atoms with Crippen molar-refractivity contribution in [2.75, 3.05) is 0 Å². The third-order valence-corrected chi connectivity index (χ3v) is 3.88. The Morgan fingerprint density at radius 1 is 1.27 bits per heavy atom. The predicted octanol–water partition coefficient (Wildman–Crippen LogP) is 3.23. The Balaban J connectivity index is 4.93. The molecule has 0 spiro atoms. The minimum atomic E-state index is -3.44. The lowest BCUT2D eigenvalue weighted by Gasteiger charge is -2.22. The van der Waals surface area contributed by atoms with Crippen LogP contribution < -0.4 is 0 Å². The summed E-state index contributed by atoms with van der Waals surface area (Å²) >= 11 is 0. The molecule has 0 rings (SSSR count). The Morgan fingerprint density at radius 2 is 1.67 bits per heavy atom. The van der Waals surface area contributed by atoms with Crippen LogP contribution in [0.3, 0.4) is 0 Å². The quantitative estimate of drug-likeness (QED) is 0.333. The molecule has 0 saturated carbocycles. The van der Waals surface area contributed by atoms with Crippen LogP contribution in [0.2, 0.25) is 0 Å². The van der Waals surface area contributed by atoms with Gasteiger partial charge >= 0.3 is 7.60 Å². The molecule has 0 bridgehead atoms. The fraction of sp³-hybridized carbons (Fsp3) is 0.889. The Hall–Kier alpha value is -0.380. The molecule has 90 valence electrons. The molecule has 0 saturated heterocycles. The molecule has 0 unspecified atom stereocenters. The zero-order chi connectivity index (χ0) is 12.1. The molecule has 0 aromatic rings. The second-order valence-electron chi connectivity index (χ2n) is 3.68. The van der Waals surface area contributed by atoms with E-state index in [1.807, 2.05) is 0 Å². The number of hydrogen-bond donors (Lipinski definition) is 1. The van der Waals surface area contributed by atoms with Crippen molar-refractivity contribution in [3.63, 3.8) is 0 Å². The van der Waals surface area contributed by atoms with Crippen molar-refractivity contribution in [3.05, 3.63) is 0 Å². The van der Waals surface area contributed by atoms with Gasteiger partial charge in [-0.05, 0) is 34.1 Å². The first-order valence-corrected chi connectivity index (χ1v) is 6.58. The molecule has 0 aromatic heterocycles. The van der Waals surface area contributed by atoms with Crippen LogP contribution in [0.5, 0.6) is 0 Å². The van der Waals surface area contributed by atoms with E-state index in [1.54, 1.807) is 34.6 Å². The summed E-state index contributed by atoms with van der Waals surface area (Å²) in [5, 5.41) is 11.7. The molecule has 0 radical (unpaired) electrons. The monoisotopic (exact) mass is 237 g/mol. The lowest BCUT2D eigenvalue weighted by molar-refractivity contribution is 0.151. The van der Waals surface area contributed by atoms with Crippen LogP contribution in [0.4, 0.5) is 0 Å². The summed E-state index contributed by atoms with van der Waals surface area (Å²) in [6, 6.07) is 0. The summed E-state index contributed by atoms with van der Waals surface area (Å²) in [4.78, 5) is 0. The topological polar surface area (TPSA) is 68.1 Å². The zero-order valence-electron chi connectivity index (χ0n) is 9.93. The summed E-state index contributed by atoms with van der Waals surface area (Å²) in [5.41, 5.74) is 0.0601. The van der Waals surface area contributed by atoms with E-state index >= 15 is 0 Å². The standard InChI is InChI=1S/C9H20NO4P/c1-6-9(10-11)15(12,13-7(2)3)14-8(4)5/h7-8,11H,6H2,1-5H3. The summed E-state index contributed by atoms with van der Waals surface area (Å²) in [5.74, 6) is 0. The zero-order valence-corrected chi connectivity index (χ0v) is 10.8. The van der Waals surface area contributed by atoms with Gasteiger partial charge in [-0.25, -0.2) is 0 Å². The number of nitrogens with zero attached hydrogens (tertiary/aromatic N) is 1. The maximum absolute atomic E-state index is 12.3. The van der Waals surface area contributed by atoms with Gasteiger partial charge in [0, 0.05) is 0 Å². The third-order valence-electron chi connectivity index (χ3n) is 1.45. The molecule has 0 aliphatic rings. The van der Waals surface area contributed by atoms with E-state index in [0.717, 1.165) is 0 Å². The third kappa shape index (κ3) is 4.78. The van der Waals surface area contributed by atoms with Gasteiger partial charge in [0.05, 0.1) is 12.2 Å². The lowest BCUT2D eigenvalue weighted by atomic mass is 10.5. The largest absolute Gasteiger partial charge is 0.410 e. The van der Waals surface area contributed by atoms with Gasteiger partial charge in [0.25, 0.3) is 0 Å². The lowest BCUT2D eigenvalue weighted by Crippen LogP contribution is -2.14. The highest BCUT2D eigenvalue weighted by molar-refractivity contribution is 7.72. The van der Waals surface area contributed by atoms with Gasteiger partial charge in [-0.15, -0.1) is 0 Å². The number of rotatable bonds is 6. The van der Waals surface area contributed by atoms with Crippen LogP contribution in [-0.4, -0.2) is 22.9 Å². The summed E-state index contributed by atoms with van der Waals surface area (Å²) < 4.78 is 22.7. The molecule has 0 aliphatic carbocycles. The molecule has 0 fully saturated rings. The minimum absolute atomic E-state index is 0.0601. The Kier molecular flexibility index (Phi) is 6.10. The van der Waals surface area contributed by atoms with Gasteiger partial charge in [-0.1, -0.05) is 12.1 Å². The molecular formula is C9H20NO4P. The molecule has 5 nitrogen and oxygen atoms in total. The van der Waals surface area contributed by atoms with Crippen LogP contribution in [0, 0.1) is 0 Å². The summed E-state index contributed by atoms with van der Waals surface area (Å²) in [6.07, 6.45) is -0.177. The van der Waals surface area contributed by atoms with Crippen molar-refractivity contribution in [3.8, 4) is 0 Å². The highest BCUT2D eigenvalue weighted by Crippen LogP contribution is 2.52. The Labute approximate surface area is 91.0 Å². The van der Waals surface area contributed by atoms with Gasteiger partial charge in [0.1, 0.15) is 0 Å². The first-order chi connectivity index (χ1) is 6.85. The molecule has 0 amide bonds. The molecule has 0 atom stereocenters. The van der Waals surface area contributed by atoms with Crippen LogP contribution in [0.15, 0.2) is 5.16 Å². The molecule has 15 heavy (non-hydrogen) atoms.